The number of benzene rings is 1. The zero-order valence-electron chi connectivity index (χ0n) is 8.41. The standard InChI is InChI=1S/C11H10N2O3/c14-11(15)8-9-4-1-2-5-10(9)16-13-7-3-6-12-13/h1-7H,8H2,(H,14,15). The molecule has 0 saturated heterocycles. The van der Waals surface area contributed by atoms with Crippen LogP contribution in [-0.4, -0.2) is 21.0 Å². The highest BCUT2D eigenvalue weighted by Crippen LogP contribution is 2.18. The van der Waals surface area contributed by atoms with E-state index >= 15 is 0 Å². The molecule has 5 heteroatoms. The third kappa shape index (κ3) is 2.38. The molecule has 0 aliphatic heterocycles. The van der Waals surface area contributed by atoms with Crippen LogP contribution >= 0.6 is 0 Å². The fourth-order valence-electron chi connectivity index (χ4n) is 1.31. The van der Waals surface area contributed by atoms with Crippen LogP contribution in [0.3, 0.4) is 0 Å². The molecule has 0 bridgehead atoms. The summed E-state index contributed by atoms with van der Waals surface area (Å²) in [6.45, 7) is 0. The molecule has 1 aromatic carbocycles. The van der Waals surface area contributed by atoms with Gasteiger partial charge in [0.05, 0.1) is 18.8 Å². The zero-order valence-corrected chi connectivity index (χ0v) is 8.41. The van der Waals surface area contributed by atoms with Gasteiger partial charge in [0.25, 0.3) is 0 Å². The van der Waals surface area contributed by atoms with Gasteiger partial charge in [-0.3, -0.25) is 4.79 Å². The first-order valence-electron chi connectivity index (χ1n) is 4.73. The average Bonchev–Trinajstić information content (AvgIpc) is 2.73. The molecule has 2 aromatic rings. The summed E-state index contributed by atoms with van der Waals surface area (Å²) in [5.74, 6) is -0.398. The van der Waals surface area contributed by atoms with Crippen LogP contribution in [0.4, 0.5) is 0 Å². The monoisotopic (exact) mass is 218 g/mol. The second-order valence-electron chi connectivity index (χ2n) is 3.18. The van der Waals surface area contributed by atoms with Crippen molar-refractivity contribution in [3.05, 3.63) is 48.3 Å². The second-order valence-corrected chi connectivity index (χ2v) is 3.18. The van der Waals surface area contributed by atoms with Crippen LogP contribution < -0.4 is 4.84 Å². The predicted molar refractivity (Wildman–Crippen MR) is 56.0 cm³/mol. The van der Waals surface area contributed by atoms with Crippen LogP contribution in [-0.2, 0) is 11.2 Å². The van der Waals surface area contributed by atoms with Gasteiger partial charge < -0.3 is 9.94 Å². The maximum absolute atomic E-state index is 10.6. The Morgan fingerprint density at radius 1 is 1.38 bits per heavy atom. The minimum absolute atomic E-state index is 0.0720. The molecule has 5 nitrogen and oxygen atoms in total. The Balaban J connectivity index is 2.22. The van der Waals surface area contributed by atoms with E-state index in [-0.39, 0.29) is 6.42 Å². The van der Waals surface area contributed by atoms with E-state index in [2.05, 4.69) is 5.10 Å². The molecule has 1 heterocycles. The van der Waals surface area contributed by atoms with Crippen molar-refractivity contribution in [1.82, 2.24) is 9.94 Å². The number of hydrogen-bond donors (Lipinski definition) is 1. The normalized spacial score (nSPS) is 10.0. The Labute approximate surface area is 91.8 Å². The summed E-state index contributed by atoms with van der Waals surface area (Å²) >= 11 is 0. The van der Waals surface area contributed by atoms with E-state index in [4.69, 9.17) is 9.94 Å². The number of carbonyl (C=O) groups is 1. The molecule has 0 fully saturated rings. The highest BCUT2D eigenvalue weighted by atomic mass is 16.7. The largest absolute Gasteiger partial charge is 0.481 e. The number of nitrogens with zero attached hydrogens (tertiary/aromatic N) is 2. The van der Waals surface area contributed by atoms with Crippen molar-refractivity contribution in [3.8, 4) is 5.75 Å². The van der Waals surface area contributed by atoms with Gasteiger partial charge in [-0.05, 0) is 12.1 Å². The number of carboxylic acids is 1. The van der Waals surface area contributed by atoms with Gasteiger partial charge in [-0.15, -0.1) is 9.94 Å². The van der Waals surface area contributed by atoms with E-state index < -0.39 is 5.97 Å². The van der Waals surface area contributed by atoms with E-state index in [1.165, 1.54) is 4.85 Å². The fraction of sp³-hybridized carbons (Fsp3) is 0.0909. The molecule has 1 aromatic heterocycles. The first-order valence-corrected chi connectivity index (χ1v) is 4.73. The minimum Gasteiger partial charge on any atom is -0.481 e. The quantitative estimate of drug-likeness (QED) is 0.841. The van der Waals surface area contributed by atoms with Crippen LogP contribution in [0.5, 0.6) is 5.75 Å². The van der Waals surface area contributed by atoms with Crippen LogP contribution in [0.15, 0.2) is 42.7 Å². The summed E-state index contributed by atoms with van der Waals surface area (Å²) < 4.78 is 0. The van der Waals surface area contributed by atoms with Crippen LogP contribution in [0.2, 0.25) is 0 Å². The summed E-state index contributed by atoms with van der Waals surface area (Å²) in [5.41, 5.74) is 0.616. The molecule has 0 spiro atoms. The molecule has 2 rings (SSSR count). The van der Waals surface area contributed by atoms with Crippen LogP contribution in [0.1, 0.15) is 5.56 Å². The second kappa shape index (κ2) is 4.48. The summed E-state index contributed by atoms with van der Waals surface area (Å²) in [4.78, 5) is 17.3. The molecule has 1 N–H and O–H groups in total. The zero-order chi connectivity index (χ0) is 11.4. The van der Waals surface area contributed by atoms with Crippen molar-refractivity contribution in [1.29, 1.82) is 0 Å². The molecule has 0 unspecified atom stereocenters. The van der Waals surface area contributed by atoms with Gasteiger partial charge in [0.15, 0.2) is 5.75 Å². The first-order chi connectivity index (χ1) is 7.75. The number of aliphatic carboxylic acids is 1. The molecular formula is C11H10N2O3. The molecule has 0 aliphatic rings. The summed E-state index contributed by atoms with van der Waals surface area (Å²) in [6.07, 6.45) is 3.15. The minimum atomic E-state index is -0.892. The number of para-hydroxylation sites is 1. The average molecular weight is 218 g/mol. The lowest BCUT2D eigenvalue weighted by Gasteiger charge is -2.08. The van der Waals surface area contributed by atoms with Gasteiger partial charge >= 0.3 is 5.97 Å². The Hall–Kier alpha value is -2.30. The Bertz CT molecular complexity index is 480. The van der Waals surface area contributed by atoms with E-state index in [0.29, 0.717) is 11.3 Å². The summed E-state index contributed by atoms with van der Waals surface area (Å²) in [6, 6.07) is 8.70. The molecule has 0 amide bonds. The van der Waals surface area contributed by atoms with Gasteiger partial charge in [0, 0.05) is 5.56 Å². The lowest BCUT2D eigenvalue weighted by Crippen LogP contribution is -2.09. The third-order valence-electron chi connectivity index (χ3n) is 1.99. The summed E-state index contributed by atoms with van der Waals surface area (Å²) in [7, 11) is 0. The number of hydrogen-bond acceptors (Lipinski definition) is 3. The first kappa shape index (κ1) is 10.2. The van der Waals surface area contributed by atoms with Crippen molar-refractivity contribution in [2.75, 3.05) is 0 Å². The number of carboxylic acid groups (broad SMARTS) is 1. The van der Waals surface area contributed by atoms with E-state index in [9.17, 15) is 4.79 Å². The number of rotatable bonds is 4. The lowest BCUT2D eigenvalue weighted by molar-refractivity contribution is -0.136. The van der Waals surface area contributed by atoms with Gasteiger partial charge in [-0.25, -0.2) is 0 Å². The van der Waals surface area contributed by atoms with Gasteiger partial charge in [-0.1, -0.05) is 18.2 Å². The van der Waals surface area contributed by atoms with E-state index in [1.54, 1.807) is 42.7 Å². The van der Waals surface area contributed by atoms with Crippen LogP contribution in [0, 0.1) is 0 Å². The highest BCUT2D eigenvalue weighted by molar-refractivity contribution is 5.71. The molecule has 0 saturated carbocycles. The summed E-state index contributed by atoms with van der Waals surface area (Å²) in [5, 5.41) is 12.6. The molecule has 82 valence electrons. The van der Waals surface area contributed by atoms with Crippen molar-refractivity contribution >= 4 is 5.97 Å². The van der Waals surface area contributed by atoms with E-state index in [1.807, 2.05) is 0 Å². The molecule has 0 atom stereocenters. The molecule has 0 aliphatic carbocycles. The van der Waals surface area contributed by atoms with Gasteiger partial charge in [0.2, 0.25) is 0 Å². The molecular weight excluding hydrogens is 208 g/mol. The van der Waals surface area contributed by atoms with Crippen LogP contribution in [0.25, 0.3) is 0 Å². The smallest absolute Gasteiger partial charge is 0.307 e. The SMILES string of the molecule is O=C(O)Cc1ccccc1On1cccn1. The Kier molecular flexibility index (Phi) is 2.86. The van der Waals surface area contributed by atoms with Gasteiger partial charge in [0.1, 0.15) is 0 Å². The number of aromatic nitrogens is 2. The fourth-order valence-corrected chi connectivity index (χ4v) is 1.31. The van der Waals surface area contributed by atoms with Crippen molar-refractivity contribution in [2.45, 2.75) is 6.42 Å². The lowest BCUT2D eigenvalue weighted by atomic mass is 10.1. The topological polar surface area (TPSA) is 64.3 Å². The Morgan fingerprint density at radius 2 is 2.19 bits per heavy atom. The van der Waals surface area contributed by atoms with Crippen molar-refractivity contribution in [3.63, 3.8) is 0 Å². The molecule has 16 heavy (non-hydrogen) atoms. The highest BCUT2D eigenvalue weighted by Gasteiger charge is 2.08. The Morgan fingerprint density at radius 3 is 2.88 bits per heavy atom. The van der Waals surface area contributed by atoms with Crippen molar-refractivity contribution < 1.29 is 14.7 Å². The van der Waals surface area contributed by atoms with Gasteiger partial charge in [-0.2, -0.15) is 0 Å². The predicted octanol–water partition coefficient (Wildman–Crippen LogP) is 1.35. The maximum atomic E-state index is 10.6. The molecule has 0 radical (unpaired) electrons. The third-order valence-corrected chi connectivity index (χ3v) is 1.99. The van der Waals surface area contributed by atoms with Crippen molar-refractivity contribution in [2.24, 2.45) is 0 Å². The maximum Gasteiger partial charge on any atom is 0.307 e. The van der Waals surface area contributed by atoms with E-state index in [0.717, 1.165) is 0 Å².